The van der Waals surface area contributed by atoms with Crippen LogP contribution in [0.1, 0.15) is 37.0 Å². The lowest BCUT2D eigenvalue weighted by Crippen LogP contribution is -2.08. The normalized spacial score (nSPS) is 19.7. The first-order chi connectivity index (χ1) is 7.07. The van der Waals surface area contributed by atoms with Crippen LogP contribution >= 0.6 is 0 Å². The predicted octanol–water partition coefficient (Wildman–Crippen LogP) is 3.10. The summed E-state index contributed by atoms with van der Waals surface area (Å²) in [5, 5.41) is 9.74. The second-order valence-corrected chi connectivity index (χ2v) is 4.47. The molecule has 0 heterocycles. The van der Waals surface area contributed by atoms with Crippen molar-refractivity contribution in [3.63, 3.8) is 0 Å². The topological polar surface area (TPSA) is 20.2 Å². The van der Waals surface area contributed by atoms with E-state index >= 15 is 0 Å². The largest absolute Gasteiger partial charge is 0.384 e. The Morgan fingerprint density at radius 3 is 2.73 bits per heavy atom. The number of hydrogen-bond acceptors (Lipinski definition) is 1. The van der Waals surface area contributed by atoms with E-state index in [1.807, 2.05) is 0 Å². The quantitative estimate of drug-likeness (QED) is 0.753. The molecule has 1 saturated carbocycles. The lowest BCUT2D eigenvalue weighted by molar-refractivity contribution is 0.226. The van der Waals surface area contributed by atoms with Gasteiger partial charge in [-0.3, -0.25) is 0 Å². The fourth-order valence-electron chi connectivity index (χ4n) is 1.91. The average molecular weight is 206 g/mol. The van der Waals surface area contributed by atoms with E-state index in [9.17, 15) is 9.50 Å². The summed E-state index contributed by atoms with van der Waals surface area (Å²) >= 11 is 0. The van der Waals surface area contributed by atoms with Gasteiger partial charge in [-0.2, -0.15) is 0 Å². The molecule has 1 fully saturated rings. The summed E-state index contributed by atoms with van der Waals surface area (Å²) < 4.78 is 13.1. The van der Waals surface area contributed by atoms with Crippen LogP contribution in [0.15, 0.2) is 30.9 Å². The molecule has 1 unspecified atom stereocenters. The van der Waals surface area contributed by atoms with Crippen LogP contribution in [0.5, 0.6) is 0 Å². The summed E-state index contributed by atoms with van der Waals surface area (Å²) in [7, 11) is 0. The SMILES string of the molecule is C=CC(O)c1cc(F)ccc1C1(C)CC1. The van der Waals surface area contributed by atoms with Gasteiger partial charge < -0.3 is 5.11 Å². The molecule has 1 aromatic carbocycles. The Hall–Kier alpha value is -1.15. The van der Waals surface area contributed by atoms with Gasteiger partial charge in [0.05, 0.1) is 6.10 Å². The zero-order valence-electron chi connectivity index (χ0n) is 8.83. The zero-order valence-corrected chi connectivity index (χ0v) is 8.83. The van der Waals surface area contributed by atoms with Crippen molar-refractivity contribution < 1.29 is 9.50 Å². The van der Waals surface area contributed by atoms with Crippen LogP contribution in [0.4, 0.5) is 4.39 Å². The molecule has 1 N–H and O–H groups in total. The first kappa shape index (κ1) is 10.4. The van der Waals surface area contributed by atoms with E-state index in [4.69, 9.17) is 0 Å². The van der Waals surface area contributed by atoms with Crippen molar-refractivity contribution in [2.45, 2.75) is 31.3 Å². The van der Waals surface area contributed by atoms with E-state index in [0.29, 0.717) is 5.56 Å². The van der Waals surface area contributed by atoms with Crippen molar-refractivity contribution in [2.24, 2.45) is 0 Å². The van der Waals surface area contributed by atoms with Gasteiger partial charge in [-0.1, -0.05) is 19.1 Å². The molecular formula is C13H15FO. The number of aliphatic hydroxyl groups excluding tert-OH is 1. The highest BCUT2D eigenvalue weighted by atomic mass is 19.1. The molecule has 0 aromatic heterocycles. The van der Waals surface area contributed by atoms with Crippen LogP contribution < -0.4 is 0 Å². The van der Waals surface area contributed by atoms with Gasteiger partial charge >= 0.3 is 0 Å². The van der Waals surface area contributed by atoms with Crippen molar-refractivity contribution in [3.05, 3.63) is 47.8 Å². The number of halogens is 1. The van der Waals surface area contributed by atoms with Crippen LogP contribution in [-0.2, 0) is 5.41 Å². The second kappa shape index (κ2) is 3.46. The minimum atomic E-state index is -0.770. The van der Waals surface area contributed by atoms with Gasteiger partial charge in [0.1, 0.15) is 5.82 Å². The molecule has 1 aliphatic carbocycles. The minimum absolute atomic E-state index is 0.132. The molecular weight excluding hydrogens is 191 g/mol. The van der Waals surface area contributed by atoms with Gasteiger partial charge in [-0.15, -0.1) is 6.58 Å². The Morgan fingerprint density at radius 2 is 2.20 bits per heavy atom. The molecule has 0 spiro atoms. The molecule has 1 atom stereocenters. The third-order valence-corrected chi connectivity index (χ3v) is 3.21. The lowest BCUT2D eigenvalue weighted by atomic mass is 9.90. The summed E-state index contributed by atoms with van der Waals surface area (Å²) in [5.41, 5.74) is 1.84. The van der Waals surface area contributed by atoms with Crippen LogP contribution in [0, 0.1) is 5.82 Å². The van der Waals surface area contributed by atoms with Crippen molar-refractivity contribution in [3.8, 4) is 0 Å². The Labute approximate surface area is 89.3 Å². The number of rotatable bonds is 3. The third-order valence-electron chi connectivity index (χ3n) is 3.21. The number of aliphatic hydroxyl groups is 1. The smallest absolute Gasteiger partial charge is 0.123 e. The molecule has 0 amide bonds. The molecule has 2 heteroatoms. The van der Waals surface area contributed by atoms with Gasteiger partial charge in [0, 0.05) is 0 Å². The van der Waals surface area contributed by atoms with Crippen molar-refractivity contribution in [2.75, 3.05) is 0 Å². The van der Waals surface area contributed by atoms with E-state index in [1.165, 1.54) is 18.2 Å². The van der Waals surface area contributed by atoms with Gasteiger partial charge in [-0.25, -0.2) is 4.39 Å². The molecule has 0 saturated heterocycles. The summed E-state index contributed by atoms with van der Waals surface area (Å²) in [5.74, 6) is -0.307. The average Bonchev–Trinajstić information content (AvgIpc) is 2.96. The molecule has 0 radical (unpaired) electrons. The summed E-state index contributed by atoms with van der Waals surface area (Å²) in [6, 6.07) is 4.65. The van der Waals surface area contributed by atoms with Crippen LogP contribution in [-0.4, -0.2) is 5.11 Å². The van der Waals surface area contributed by atoms with Gasteiger partial charge in [0.15, 0.2) is 0 Å². The van der Waals surface area contributed by atoms with E-state index in [0.717, 1.165) is 18.4 Å². The summed E-state index contributed by atoms with van der Waals surface area (Å²) in [4.78, 5) is 0. The predicted molar refractivity (Wildman–Crippen MR) is 58.1 cm³/mol. The highest BCUT2D eigenvalue weighted by Gasteiger charge is 2.41. The Kier molecular flexibility index (Phi) is 2.39. The highest BCUT2D eigenvalue weighted by molar-refractivity contribution is 5.40. The Bertz CT molecular complexity index is 394. The molecule has 2 rings (SSSR count). The number of hydrogen-bond donors (Lipinski definition) is 1. The third kappa shape index (κ3) is 1.82. The monoisotopic (exact) mass is 206 g/mol. The lowest BCUT2D eigenvalue weighted by Gasteiger charge is -2.17. The highest BCUT2D eigenvalue weighted by Crippen LogP contribution is 2.49. The van der Waals surface area contributed by atoms with Crippen molar-refractivity contribution in [1.29, 1.82) is 0 Å². The molecule has 80 valence electrons. The van der Waals surface area contributed by atoms with Crippen LogP contribution in [0.25, 0.3) is 0 Å². The van der Waals surface area contributed by atoms with E-state index in [1.54, 1.807) is 6.07 Å². The van der Waals surface area contributed by atoms with Crippen molar-refractivity contribution >= 4 is 0 Å². The Morgan fingerprint density at radius 1 is 1.53 bits per heavy atom. The fourth-order valence-corrected chi connectivity index (χ4v) is 1.91. The maximum Gasteiger partial charge on any atom is 0.123 e. The minimum Gasteiger partial charge on any atom is -0.384 e. The van der Waals surface area contributed by atoms with Gasteiger partial charge in [0.2, 0.25) is 0 Å². The van der Waals surface area contributed by atoms with Crippen LogP contribution in [0.3, 0.4) is 0 Å². The first-order valence-electron chi connectivity index (χ1n) is 5.17. The fraction of sp³-hybridized carbons (Fsp3) is 0.385. The summed E-state index contributed by atoms with van der Waals surface area (Å²) in [6.45, 7) is 5.68. The van der Waals surface area contributed by atoms with E-state index in [-0.39, 0.29) is 11.2 Å². The Balaban J connectivity index is 2.49. The van der Waals surface area contributed by atoms with Crippen molar-refractivity contribution in [1.82, 2.24) is 0 Å². The standard InChI is InChI=1S/C13H15FO/c1-3-12(15)10-8-9(14)4-5-11(10)13(2)6-7-13/h3-5,8,12,15H,1,6-7H2,2H3. The van der Waals surface area contributed by atoms with E-state index < -0.39 is 6.10 Å². The first-order valence-corrected chi connectivity index (χ1v) is 5.17. The molecule has 15 heavy (non-hydrogen) atoms. The zero-order chi connectivity index (χ0) is 11.1. The number of benzene rings is 1. The van der Waals surface area contributed by atoms with Crippen LogP contribution in [0.2, 0.25) is 0 Å². The molecule has 1 nitrogen and oxygen atoms in total. The molecule has 1 aromatic rings. The molecule has 0 bridgehead atoms. The van der Waals surface area contributed by atoms with Gasteiger partial charge in [-0.05, 0) is 41.5 Å². The maximum absolute atomic E-state index is 13.1. The maximum atomic E-state index is 13.1. The summed E-state index contributed by atoms with van der Waals surface area (Å²) in [6.07, 6.45) is 2.88. The van der Waals surface area contributed by atoms with Gasteiger partial charge in [0.25, 0.3) is 0 Å². The second-order valence-electron chi connectivity index (χ2n) is 4.47. The molecule has 1 aliphatic rings. The van der Waals surface area contributed by atoms with E-state index in [2.05, 4.69) is 13.5 Å². The molecule has 0 aliphatic heterocycles.